The molecule has 4 N–H and O–H groups in total. The zero-order valence-corrected chi connectivity index (χ0v) is 19.6. The highest BCUT2D eigenvalue weighted by molar-refractivity contribution is 5.68. The van der Waals surface area contributed by atoms with Crippen LogP contribution in [-0.2, 0) is 6.61 Å². The van der Waals surface area contributed by atoms with Gasteiger partial charge in [-0.15, -0.1) is 0 Å². The highest BCUT2D eigenvalue weighted by Crippen LogP contribution is 2.26. The number of rotatable bonds is 9. The van der Waals surface area contributed by atoms with E-state index in [-0.39, 0.29) is 19.3 Å². The van der Waals surface area contributed by atoms with Gasteiger partial charge in [-0.2, -0.15) is 5.26 Å². The lowest BCUT2D eigenvalue weighted by Crippen LogP contribution is -2.26. The fraction of sp³-hybridized carbons (Fsp3) is 0.333. The first-order valence-electron chi connectivity index (χ1n) is 11.6. The van der Waals surface area contributed by atoms with Crippen LogP contribution in [-0.4, -0.2) is 46.0 Å². The molecule has 34 heavy (non-hydrogen) atoms. The first-order valence-corrected chi connectivity index (χ1v) is 11.6. The summed E-state index contributed by atoms with van der Waals surface area (Å²) >= 11 is 0. The van der Waals surface area contributed by atoms with Gasteiger partial charge in [0, 0.05) is 24.1 Å². The van der Waals surface area contributed by atoms with Crippen molar-refractivity contribution in [2.75, 3.05) is 25.5 Å². The van der Waals surface area contributed by atoms with Gasteiger partial charge in [-0.25, -0.2) is 4.98 Å². The minimum Gasteiger partial charge on any atom is -0.394 e. The Labute approximate surface area is 201 Å². The first-order chi connectivity index (χ1) is 16.7. The van der Waals surface area contributed by atoms with E-state index < -0.39 is 0 Å². The monoisotopic (exact) mass is 459 g/mol. The summed E-state index contributed by atoms with van der Waals surface area (Å²) in [5.74, 6) is 0.541. The maximum absolute atomic E-state index is 9.70. The lowest BCUT2D eigenvalue weighted by atomic mass is 9.93. The van der Waals surface area contributed by atoms with Gasteiger partial charge in [-0.1, -0.05) is 48.6 Å². The predicted octanol–water partition coefficient (Wildman–Crippen LogP) is 3.98. The van der Waals surface area contributed by atoms with E-state index in [1.54, 1.807) is 24.0 Å². The summed E-state index contributed by atoms with van der Waals surface area (Å²) in [7, 11) is 1.74. The minimum atomic E-state index is -0.255. The van der Waals surface area contributed by atoms with Gasteiger partial charge in [-0.05, 0) is 55.1 Å². The van der Waals surface area contributed by atoms with Crippen LogP contribution in [0.2, 0.25) is 0 Å². The molecule has 178 valence electrons. The Morgan fingerprint density at radius 1 is 1.12 bits per heavy atom. The normalized spacial score (nSPS) is 14.1. The molecule has 1 saturated carbocycles. The smallest absolute Gasteiger partial charge is 0.135 e. The van der Waals surface area contributed by atoms with Gasteiger partial charge in [0.15, 0.2) is 0 Å². The van der Waals surface area contributed by atoms with Crippen LogP contribution in [0.15, 0.2) is 67.0 Å². The molecule has 1 unspecified atom stereocenters. The number of anilines is 1. The van der Waals surface area contributed by atoms with Crippen LogP contribution in [0.3, 0.4) is 0 Å². The molecule has 0 aliphatic heterocycles. The lowest BCUT2D eigenvalue weighted by Gasteiger charge is -2.27. The van der Waals surface area contributed by atoms with E-state index in [0.29, 0.717) is 18.4 Å². The molecule has 4 rings (SSSR count). The third-order valence-electron chi connectivity index (χ3n) is 5.81. The maximum atomic E-state index is 9.70. The van der Waals surface area contributed by atoms with Gasteiger partial charge in [0.2, 0.25) is 0 Å². The maximum Gasteiger partial charge on any atom is 0.135 e. The van der Waals surface area contributed by atoms with Gasteiger partial charge in [0.25, 0.3) is 0 Å². The molecule has 7 heteroatoms. The number of imidazole rings is 1. The van der Waals surface area contributed by atoms with E-state index in [1.165, 1.54) is 36.1 Å². The van der Waals surface area contributed by atoms with Crippen molar-refractivity contribution in [3.8, 4) is 17.2 Å². The summed E-state index contributed by atoms with van der Waals surface area (Å²) in [6.45, 7) is 0.236. The minimum absolute atomic E-state index is 0.0564. The van der Waals surface area contributed by atoms with Crippen molar-refractivity contribution in [3.05, 3.63) is 78.4 Å². The Kier molecular flexibility index (Phi) is 9.86. The van der Waals surface area contributed by atoms with Crippen LogP contribution < -0.4 is 10.6 Å². The van der Waals surface area contributed by atoms with E-state index in [2.05, 4.69) is 64.1 Å². The van der Waals surface area contributed by atoms with Crippen molar-refractivity contribution in [1.29, 1.82) is 5.26 Å². The molecule has 1 aromatic heterocycles. The largest absolute Gasteiger partial charge is 0.394 e. The Morgan fingerprint density at radius 2 is 1.79 bits per heavy atom. The SMILES string of the molecule is CNCC#N.OCc1nccn1C(/C=C/c1ccc(-c2ccc(NC3CCC3)cc2)cc1)CO. The number of aliphatic hydroxyl groups excluding tert-OH is 2. The second-order valence-corrected chi connectivity index (χ2v) is 8.18. The van der Waals surface area contributed by atoms with Gasteiger partial charge >= 0.3 is 0 Å². The lowest BCUT2D eigenvalue weighted by molar-refractivity contribution is 0.232. The number of benzene rings is 2. The molecule has 1 aliphatic carbocycles. The predicted molar refractivity (Wildman–Crippen MR) is 136 cm³/mol. The number of aliphatic hydroxyl groups is 2. The molecule has 1 atom stereocenters. The van der Waals surface area contributed by atoms with Gasteiger partial charge in [0.05, 0.1) is 25.3 Å². The average molecular weight is 460 g/mol. The van der Waals surface area contributed by atoms with Crippen molar-refractivity contribution in [2.45, 2.75) is 38.0 Å². The second kappa shape index (κ2) is 13.3. The molecule has 3 aromatic rings. The van der Waals surface area contributed by atoms with Gasteiger partial charge < -0.3 is 25.4 Å². The van der Waals surface area contributed by atoms with Crippen LogP contribution in [0.4, 0.5) is 5.69 Å². The summed E-state index contributed by atoms with van der Waals surface area (Å²) in [4.78, 5) is 4.10. The number of hydrogen-bond donors (Lipinski definition) is 4. The number of nitrogens with one attached hydrogen (secondary N) is 2. The molecule has 0 bridgehead atoms. The number of hydrogen-bond acceptors (Lipinski definition) is 6. The van der Waals surface area contributed by atoms with Crippen LogP contribution >= 0.6 is 0 Å². The van der Waals surface area contributed by atoms with Crippen molar-refractivity contribution in [3.63, 3.8) is 0 Å². The summed E-state index contributed by atoms with van der Waals surface area (Å²) < 4.78 is 1.78. The van der Waals surface area contributed by atoms with Crippen LogP contribution in [0, 0.1) is 11.3 Å². The molecular formula is C27H33N5O2. The number of nitriles is 1. The highest BCUT2D eigenvalue weighted by atomic mass is 16.3. The molecule has 0 amide bonds. The van der Waals surface area contributed by atoms with Gasteiger partial charge in [0.1, 0.15) is 12.4 Å². The topological polar surface area (TPSA) is 106 Å². The zero-order chi connectivity index (χ0) is 24.2. The Balaban J connectivity index is 0.000000588. The van der Waals surface area contributed by atoms with E-state index in [9.17, 15) is 10.2 Å². The average Bonchev–Trinajstić information content (AvgIpc) is 3.32. The fourth-order valence-corrected chi connectivity index (χ4v) is 3.64. The molecule has 0 saturated heterocycles. The molecule has 2 aromatic carbocycles. The number of nitrogens with zero attached hydrogens (tertiary/aromatic N) is 3. The Morgan fingerprint density at radius 3 is 2.29 bits per heavy atom. The van der Waals surface area contributed by atoms with E-state index in [0.717, 1.165) is 5.56 Å². The summed E-state index contributed by atoms with van der Waals surface area (Å²) in [6, 6.07) is 19.3. The summed E-state index contributed by atoms with van der Waals surface area (Å²) in [5, 5.41) is 33.0. The second-order valence-electron chi connectivity index (χ2n) is 8.18. The van der Waals surface area contributed by atoms with E-state index in [4.69, 9.17) is 5.26 Å². The quantitative estimate of drug-likeness (QED) is 0.361. The van der Waals surface area contributed by atoms with Gasteiger partial charge in [-0.3, -0.25) is 0 Å². The van der Waals surface area contributed by atoms with Crippen LogP contribution in [0.5, 0.6) is 0 Å². The highest BCUT2D eigenvalue weighted by Gasteiger charge is 2.16. The molecule has 7 nitrogen and oxygen atoms in total. The van der Waals surface area contributed by atoms with Crippen LogP contribution in [0.25, 0.3) is 17.2 Å². The van der Waals surface area contributed by atoms with Crippen molar-refractivity contribution in [2.24, 2.45) is 0 Å². The van der Waals surface area contributed by atoms with E-state index in [1.807, 2.05) is 18.2 Å². The molecule has 0 radical (unpaired) electrons. The van der Waals surface area contributed by atoms with Crippen molar-refractivity contribution >= 4 is 11.8 Å². The molecule has 1 aliphatic rings. The summed E-state index contributed by atoms with van der Waals surface area (Å²) in [6.07, 6.45) is 11.2. The standard InChI is InChI=1S/C24H27N3O2.C3H6N2/c28-16-23(27-15-14-25-24(27)17-29)13-6-18-4-7-19(8-5-18)20-9-11-22(12-10-20)26-21-2-1-3-21;1-5-3-2-4/h4-15,21,23,26,28-29H,1-3,16-17H2;5H,3H2,1H3/b13-6+;. The fourth-order valence-electron chi connectivity index (χ4n) is 3.64. The molecule has 0 spiro atoms. The van der Waals surface area contributed by atoms with Crippen molar-refractivity contribution < 1.29 is 10.2 Å². The Hall–Kier alpha value is -3.44. The molecular weight excluding hydrogens is 426 g/mol. The summed E-state index contributed by atoms with van der Waals surface area (Å²) in [5.41, 5.74) is 4.61. The van der Waals surface area contributed by atoms with Crippen LogP contribution in [0.1, 0.15) is 36.7 Å². The molecule has 1 heterocycles. The third-order valence-corrected chi connectivity index (χ3v) is 5.81. The number of aromatic nitrogens is 2. The van der Waals surface area contributed by atoms with Crippen molar-refractivity contribution in [1.82, 2.24) is 14.9 Å². The third kappa shape index (κ3) is 7.03. The first kappa shape index (κ1) is 25.2. The van der Waals surface area contributed by atoms with E-state index >= 15 is 0 Å². The Bertz CT molecular complexity index is 1060. The molecule has 1 fully saturated rings. The zero-order valence-electron chi connectivity index (χ0n) is 19.6.